The predicted molar refractivity (Wildman–Crippen MR) is 148 cm³/mol. The first-order valence-electron chi connectivity index (χ1n) is 12.2. The van der Waals surface area contributed by atoms with Crippen LogP contribution in [0.1, 0.15) is 49.8 Å². The van der Waals surface area contributed by atoms with E-state index in [1.807, 2.05) is 48.3 Å². The van der Waals surface area contributed by atoms with E-state index in [0.717, 1.165) is 45.8 Å². The van der Waals surface area contributed by atoms with Crippen LogP contribution in [0.3, 0.4) is 0 Å². The summed E-state index contributed by atoms with van der Waals surface area (Å²) >= 11 is 3.21. The van der Waals surface area contributed by atoms with Gasteiger partial charge in [-0.3, -0.25) is 9.79 Å². The van der Waals surface area contributed by atoms with E-state index in [0.29, 0.717) is 10.5 Å². The number of aromatic nitrogens is 1. The Morgan fingerprint density at radius 3 is 2.67 bits per heavy atom. The minimum absolute atomic E-state index is 0.0554. The molecule has 4 nitrogen and oxygen atoms in total. The number of nitrogens with zero attached hydrogens (tertiary/aromatic N) is 2. The van der Waals surface area contributed by atoms with Crippen LogP contribution in [-0.4, -0.2) is 21.7 Å². The Labute approximate surface area is 218 Å². The summed E-state index contributed by atoms with van der Waals surface area (Å²) in [4.78, 5) is 23.6. The SMILES string of the molecule is CCCSC1=NC2c3ccccc3C1CC2(C)C(=O)Nc1nc(-c2ccc(F)c3ccccc23)cs1. The quantitative estimate of drug-likeness (QED) is 0.295. The number of nitrogens with one attached hydrogen (secondary N) is 1. The average Bonchev–Trinajstić information content (AvgIpc) is 3.36. The van der Waals surface area contributed by atoms with E-state index in [2.05, 4.69) is 30.4 Å². The van der Waals surface area contributed by atoms with Gasteiger partial charge in [0.25, 0.3) is 0 Å². The van der Waals surface area contributed by atoms with E-state index in [-0.39, 0.29) is 23.7 Å². The summed E-state index contributed by atoms with van der Waals surface area (Å²) in [5.74, 6) is 0.874. The Hall–Kier alpha value is -3.03. The Balaban J connectivity index is 1.29. The Bertz CT molecular complexity index is 1510. The van der Waals surface area contributed by atoms with E-state index >= 15 is 0 Å². The van der Waals surface area contributed by atoms with Crippen molar-refractivity contribution in [3.8, 4) is 11.3 Å². The number of thiazole rings is 1. The highest BCUT2D eigenvalue weighted by Crippen LogP contribution is 2.57. The second kappa shape index (κ2) is 9.12. The molecule has 182 valence electrons. The second-order valence-electron chi connectivity index (χ2n) is 9.65. The highest BCUT2D eigenvalue weighted by atomic mass is 32.2. The lowest BCUT2D eigenvalue weighted by Crippen LogP contribution is -2.46. The standard InChI is InChI=1S/C29H26FN3OS2/c1-3-14-35-26-22-15-29(2,25(32-26)21-11-7-5-9-18(21)22)27(34)33-28-31-24(16-36-28)20-12-13-23(30)19-10-6-4-8-17(19)20/h4-13,16,22,25H,3,14-15H2,1-2H3,(H,31,33,34). The van der Waals surface area contributed by atoms with Gasteiger partial charge in [0.2, 0.25) is 5.91 Å². The van der Waals surface area contributed by atoms with Gasteiger partial charge in [-0.15, -0.1) is 23.1 Å². The molecule has 7 rings (SSSR count). The summed E-state index contributed by atoms with van der Waals surface area (Å²) in [6, 6.07) is 18.8. The molecule has 2 bridgehead atoms. The Morgan fingerprint density at radius 2 is 1.86 bits per heavy atom. The summed E-state index contributed by atoms with van der Waals surface area (Å²) in [5.41, 5.74) is 3.38. The molecule has 1 aliphatic carbocycles. The maximum Gasteiger partial charge on any atom is 0.234 e. The molecule has 36 heavy (non-hydrogen) atoms. The monoisotopic (exact) mass is 515 g/mol. The number of carbonyl (C=O) groups excluding carboxylic acids is 1. The minimum Gasteiger partial charge on any atom is -0.301 e. The molecule has 3 aliphatic rings. The van der Waals surface area contributed by atoms with Gasteiger partial charge in [0, 0.05) is 22.2 Å². The average molecular weight is 516 g/mol. The van der Waals surface area contributed by atoms with E-state index in [1.54, 1.807) is 12.1 Å². The number of rotatable bonds is 5. The fourth-order valence-corrected chi connectivity index (χ4v) is 7.17. The number of aliphatic imine (C=N–C) groups is 1. The first kappa shape index (κ1) is 23.4. The zero-order chi connectivity index (χ0) is 24.9. The van der Waals surface area contributed by atoms with Gasteiger partial charge >= 0.3 is 0 Å². The Kier molecular flexibility index (Phi) is 5.92. The van der Waals surface area contributed by atoms with Crippen LogP contribution in [-0.2, 0) is 4.79 Å². The summed E-state index contributed by atoms with van der Waals surface area (Å²) in [5, 5.41) is 8.08. The van der Waals surface area contributed by atoms with Crippen molar-refractivity contribution in [3.63, 3.8) is 0 Å². The van der Waals surface area contributed by atoms with Crippen LogP contribution in [0, 0.1) is 11.2 Å². The maximum atomic E-state index is 14.3. The van der Waals surface area contributed by atoms with Gasteiger partial charge in [-0.1, -0.05) is 55.5 Å². The van der Waals surface area contributed by atoms with Gasteiger partial charge < -0.3 is 5.32 Å². The van der Waals surface area contributed by atoms with Crippen LogP contribution in [0.5, 0.6) is 0 Å². The predicted octanol–water partition coefficient (Wildman–Crippen LogP) is 7.83. The maximum absolute atomic E-state index is 14.3. The van der Waals surface area contributed by atoms with E-state index in [1.165, 1.54) is 23.0 Å². The number of anilines is 1. The molecule has 1 N–H and O–H groups in total. The lowest BCUT2D eigenvalue weighted by molar-refractivity contribution is -0.127. The smallest absolute Gasteiger partial charge is 0.234 e. The first-order valence-corrected chi connectivity index (χ1v) is 14.1. The molecule has 3 heterocycles. The zero-order valence-electron chi connectivity index (χ0n) is 20.1. The number of benzene rings is 3. The molecule has 1 aromatic heterocycles. The van der Waals surface area contributed by atoms with Gasteiger partial charge in [-0.25, -0.2) is 9.37 Å². The third-order valence-corrected chi connectivity index (χ3v) is 9.35. The molecule has 2 aliphatic heterocycles. The third kappa shape index (κ3) is 3.76. The lowest BCUT2D eigenvalue weighted by atomic mass is 9.62. The van der Waals surface area contributed by atoms with E-state index in [9.17, 15) is 9.18 Å². The molecule has 3 unspecified atom stereocenters. The van der Waals surface area contributed by atoms with Crippen molar-refractivity contribution in [3.05, 3.63) is 83.0 Å². The highest BCUT2D eigenvalue weighted by molar-refractivity contribution is 8.14. The van der Waals surface area contributed by atoms with Gasteiger partial charge in [0.05, 0.1) is 22.2 Å². The van der Waals surface area contributed by atoms with Gasteiger partial charge in [-0.05, 0) is 54.2 Å². The number of fused-ring (bicyclic) bond motifs is 2. The van der Waals surface area contributed by atoms with Crippen molar-refractivity contribution in [1.82, 2.24) is 4.98 Å². The molecular formula is C29H26FN3OS2. The van der Waals surface area contributed by atoms with Gasteiger partial charge in [-0.2, -0.15) is 0 Å². The number of hydrogen-bond acceptors (Lipinski definition) is 5. The Morgan fingerprint density at radius 1 is 1.11 bits per heavy atom. The minimum atomic E-state index is -0.663. The molecular weight excluding hydrogens is 489 g/mol. The van der Waals surface area contributed by atoms with Crippen LogP contribution >= 0.6 is 23.1 Å². The number of carbonyl (C=O) groups is 1. The lowest BCUT2D eigenvalue weighted by Gasteiger charge is -2.47. The molecule has 0 saturated heterocycles. The van der Waals surface area contributed by atoms with Crippen LogP contribution in [0.4, 0.5) is 9.52 Å². The number of amides is 1. The van der Waals surface area contributed by atoms with E-state index < -0.39 is 5.41 Å². The molecule has 1 amide bonds. The van der Waals surface area contributed by atoms with Gasteiger partial charge in [0.1, 0.15) is 5.82 Å². The van der Waals surface area contributed by atoms with Crippen LogP contribution in [0.25, 0.3) is 22.0 Å². The molecule has 0 radical (unpaired) electrons. The van der Waals surface area contributed by atoms with E-state index in [4.69, 9.17) is 9.98 Å². The van der Waals surface area contributed by atoms with Crippen LogP contribution in [0.15, 0.2) is 71.0 Å². The number of thioether (sulfide) groups is 1. The number of halogens is 1. The summed E-state index contributed by atoms with van der Waals surface area (Å²) in [6.07, 6.45) is 1.83. The molecule has 0 fully saturated rings. The van der Waals surface area contributed by atoms with Crippen molar-refractivity contribution in [2.24, 2.45) is 10.4 Å². The molecule has 0 spiro atoms. The molecule has 3 aromatic carbocycles. The van der Waals surface area contributed by atoms with Crippen LogP contribution < -0.4 is 5.32 Å². The van der Waals surface area contributed by atoms with Crippen molar-refractivity contribution < 1.29 is 9.18 Å². The molecule has 4 aromatic rings. The third-order valence-electron chi connectivity index (χ3n) is 7.30. The van der Waals surface area contributed by atoms with Crippen LogP contribution in [0.2, 0.25) is 0 Å². The fourth-order valence-electron chi connectivity index (χ4n) is 5.46. The molecule has 7 heteroatoms. The molecule has 0 saturated carbocycles. The highest BCUT2D eigenvalue weighted by Gasteiger charge is 2.53. The normalized spacial score (nSPS) is 22.4. The fraction of sp³-hybridized carbons (Fsp3) is 0.276. The first-order chi connectivity index (χ1) is 17.5. The van der Waals surface area contributed by atoms with Crippen molar-refractivity contribution in [2.75, 3.05) is 11.1 Å². The van der Waals surface area contributed by atoms with Crippen molar-refractivity contribution in [1.29, 1.82) is 0 Å². The molecule has 3 atom stereocenters. The number of hydrogen-bond donors (Lipinski definition) is 1. The van der Waals surface area contributed by atoms with Gasteiger partial charge in [0.15, 0.2) is 5.13 Å². The second-order valence-corrected chi connectivity index (χ2v) is 11.6. The summed E-state index contributed by atoms with van der Waals surface area (Å²) in [6.45, 7) is 4.21. The summed E-state index contributed by atoms with van der Waals surface area (Å²) in [7, 11) is 0. The zero-order valence-corrected chi connectivity index (χ0v) is 21.8. The van der Waals surface area contributed by atoms with Crippen molar-refractivity contribution in [2.45, 2.75) is 38.6 Å². The topological polar surface area (TPSA) is 54.4 Å². The van der Waals surface area contributed by atoms with Crippen molar-refractivity contribution >= 4 is 50.0 Å². The largest absolute Gasteiger partial charge is 0.301 e. The summed E-state index contributed by atoms with van der Waals surface area (Å²) < 4.78 is 14.3.